The molecule has 3 rings (SSSR count). The Morgan fingerprint density at radius 2 is 1.48 bits per heavy atom. The van der Waals surface area contributed by atoms with Crippen LogP contribution in [0, 0.1) is 0 Å². The number of rotatable bonds is 5. The van der Waals surface area contributed by atoms with Gasteiger partial charge in [0.25, 0.3) is 11.8 Å². The first-order valence-electron chi connectivity index (χ1n) is 9.87. The Hall–Kier alpha value is -3.93. The van der Waals surface area contributed by atoms with Crippen LogP contribution in [0.25, 0.3) is 0 Å². The number of phenolic OH excluding ortho intramolecular Hbond substituents is 1. The predicted octanol–water partition coefficient (Wildman–Crippen LogP) is 4.71. The summed E-state index contributed by atoms with van der Waals surface area (Å²) >= 11 is 0. The molecule has 3 aromatic rings. The minimum atomic E-state index is -0.382. The maximum absolute atomic E-state index is 12.5. The molecule has 0 radical (unpaired) electrons. The zero-order valence-electron chi connectivity index (χ0n) is 17.7. The van der Waals surface area contributed by atoms with E-state index in [0.29, 0.717) is 22.4 Å². The van der Waals surface area contributed by atoms with Gasteiger partial charge in [-0.25, -0.2) is 5.43 Å². The smallest absolute Gasteiger partial charge is 0.271 e. The summed E-state index contributed by atoms with van der Waals surface area (Å²) in [6.07, 6.45) is 1.44. The second-order valence-corrected chi connectivity index (χ2v) is 8.15. The molecule has 3 aromatic carbocycles. The van der Waals surface area contributed by atoms with Gasteiger partial charge in [-0.05, 0) is 65.1 Å². The van der Waals surface area contributed by atoms with Crippen LogP contribution >= 0.6 is 0 Å². The van der Waals surface area contributed by atoms with Gasteiger partial charge in [0.05, 0.1) is 6.21 Å². The normalized spacial score (nSPS) is 11.3. The largest absolute Gasteiger partial charge is 0.508 e. The number of carbonyl (C=O) groups is 2. The number of hydrazone groups is 1. The monoisotopic (exact) mass is 415 g/mol. The lowest BCUT2D eigenvalue weighted by Crippen LogP contribution is -2.18. The molecule has 0 saturated carbocycles. The van der Waals surface area contributed by atoms with Gasteiger partial charge < -0.3 is 10.4 Å². The minimum Gasteiger partial charge on any atom is -0.508 e. The molecule has 2 amide bonds. The van der Waals surface area contributed by atoms with Crippen molar-refractivity contribution in [2.45, 2.75) is 26.2 Å². The summed E-state index contributed by atoms with van der Waals surface area (Å²) in [7, 11) is 0. The first kappa shape index (κ1) is 21.8. The van der Waals surface area contributed by atoms with Crippen LogP contribution in [0.2, 0.25) is 0 Å². The summed E-state index contributed by atoms with van der Waals surface area (Å²) in [6.45, 7) is 6.37. The third-order valence-corrected chi connectivity index (χ3v) is 4.67. The quantitative estimate of drug-likeness (QED) is 0.416. The first-order chi connectivity index (χ1) is 14.7. The molecule has 0 saturated heterocycles. The third-order valence-electron chi connectivity index (χ3n) is 4.67. The van der Waals surface area contributed by atoms with Crippen molar-refractivity contribution in [3.05, 3.63) is 95.1 Å². The number of aromatic hydroxyl groups is 1. The van der Waals surface area contributed by atoms with E-state index in [-0.39, 0.29) is 23.0 Å². The fourth-order valence-electron chi connectivity index (χ4n) is 2.86. The average Bonchev–Trinajstić information content (AvgIpc) is 2.74. The molecule has 0 aliphatic carbocycles. The number of anilines is 1. The molecule has 0 unspecified atom stereocenters. The van der Waals surface area contributed by atoms with E-state index in [9.17, 15) is 14.7 Å². The van der Waals surface area contributed by atoms with Gasteiger partial charge in [-0.15, -0.1) is 0 Å². The number of hydrogen-bond acceptors (Lipinski definition) is 4. The van der Waals surface area contributed by atoms with Gasteiger partial charge in [-0.2, -0.15) is 5.10 Å². The molecular formula is C25H25N3O3. The second kappa shape index (κ2) is 9.26. The second-order valence-electron chi connectivity index (χ2n) is 8.15. The Bertz CT molecular complexity index is 1100. The van der Waals surface area contributed by atoms with Crippen LogP contribution in [0.15, 0.2) is 77.9 Å². The van der Waals surface area contributed by atoms with Crippen LogP contribution in [0.5, 0.6) is 5.75 Å². The van der Waals surface area contributed by atoms with Crippen LogP contribution in [0.1, 0.15) is 52.6 Å². The molecule has 0 aromatic heterocycles. The molecule has 6 heteroatoms. The van der Waals surface area contributed by atoms with Crippen molar-refractivity contribution in [1.82, 2.24) is 5.43 Å². The highest BCUT2D eigenvalue weighted by molar-refractivity contribution is 6.04. The number of hydrogen-bond donors (Lipinski definition) is 3. The lowest BCUT2D eigenvalue weighted by atomic mass is 9.87. The van der Waals surface area contributed by atoms with Gasteiger partial charge >= 0.3 is 0 Å². The molecule has 0 bridgehead atoms. The summed E-state index contributed by atoms with van der Waals surface area (Å²) in [5.41, 5.74) is 5.83. The summed E-state index contributed by atoms with van der Waals surface area (Å²) < 4.78 is 0. The lowest BCUT2D eigenvalue weighted by Gasteiger charge is -2.19. The van der Waals surface area contributed by atoms with Crippen LogP contribution < -0.4 is 10.7 Å². The van der Waals surface area contributed by atoms with Gasteiger partial charge in [0.15, 0.2) is 0 Å². The van der Waals surface area contributed by atoms with Crippen LogP contribution in [-0.2, 0) is 5.41 Å². The number of carbonyl (C=O) groups excluding carboxylic acids is 2. The molecular weight excluding hydrogens is 390 g/mol. The summed E-state index contributed by atoms with van der Waals surface area (Å²) in [5, 5.41) is 16.1. The SMILES string of the molecule is CC(C)(C)c1ccc(C(=O)Nc2ccc(C(=O)N/N=C/c3cccc(O)c3)cc2)cc1. The standard InChI is InChI=1S/C25H25N3O3/c1-25(2,3)20-11-7-18(8-12-20)23(30)27-21-13-9-19(10-14-21)24(31)28-26-16-17-5-4-6-22(29)15-17/h4-16,29H,1-3H3,(H,27,30)(H,28,31)/b26-16+. The number of nitrogens with zero attached hydrogens (tertiary/aromatic N) is 1. The van der Waals surface area contributed by atoms with E-state index in [1.807, 2.05) is 24.3 Å². The molecule has 0 heterocycles. The zero-order valence-corrected chi connectivity index (χ0v) is 17.7. The molecule has 158 valence electrons. The summed E-state index contributed by atoms with van der Waals surface area (Å²) in [6, 6.07) is 20.6. The molecule has 3 N–H and O–H groups in total. The van der Waals surface area contributed by atoms with Crippen molar-refractivity contribution in [2.24, 2.45) is 5.10 Å². The Labute approximate surface area is 181 Å². The van der Waals surface area contributed by atoms with Crippen molar-refractivity contribution in [2.75, 3.05) is 5.32 Å². The van der Waals surface area contributed by atoms with Gasteiger partial charge in [0.2, 0.25) is 0 Å². The highest BCUT2D eigenvalue weighted by atomic mass is 16.3. The van der Waals surface area contributed by atoms with Gasteiger partial charge in [-0.3, -0.25) is 9.59 Å². The van der Waals surface area contributed by atoms with E-state index < -0.39 is 0 Å². The first-order valence-corrected chi connectivity index (χ1v) is 9.87. The van der Waals surface area contributed by atoms with Crippen molar-refractivity contribution >= 4 is 23.7 Å². The topological polar surface area (TPSA) is 90.8 Å². The van der Waals surface area contributed by atoms with Gasteiger partial charge in [0.1, 0.15) is 5.75 Å². The lowest BCUT2D eigenvalue weighted by molar-refractivity contribution is 0.0954. The highest BCUT2D eigenvalue weighted by Crippen LogP contribution is 2.22. The highest BCUT2D eigenvalue weighted by Gasteiger charge is 2.14. The van der Waals surface area contributed by atoms with Crippen molar-refractivity contribution in [3.63, 3.8) is 0 Å². The molecule has 0 atom stereocenters. The Morgan fingerprint density at radius 3 is 2.10 bits per heavy atom. The molecule has 31 heavy (non-hydrogen) atoms. The zero-order chi connectivity index (χ0) is 22.4. The Kier molecular flexibility index (Phi) is 6.50. The maximum Gasteiger partial charge on any atom is 0.271 e. The fraction of sp³-hybridized carbons (Fsp3) is 0.160. The van der Waals surface area contributed by atoms with Crippen molar-refractivity contribution in [3.8, 4) is 5.75 Å². The maximum atomic E-state index is 12.5. The van der Waals surface area contributed by atoms with E-state index >= 15 is 0 Å². The van der Waals surface area contributed by atoms with E-state index in [0.717, 1.165) is 5.56 Å². The van der Waals surface area contributed by atoms with E-state index in [1.165, 1.54) is 12.3 Å². The van der Waals surface area contributed by atoms with E-state index in [4.69, 9.17) is 0 Å². The third kappa shape index (κ3) is 6.02. The van der Waals surface area contributed by atoms with Gasteiger partial charge in [-0.1, -0.05) is 45.0 Å². The number of benzene rings is 3. The number of nitrogens with one attached hydrogen (secondary N) is 2. The average molecular weight is 415 g/mol. The molecule has 0 aliphatic rings. The summed E-state index contributed by atoms with van der Waals surface area (Å²) in [4.78, 5) is 24.7. The van der Waals surface area contributed by atoms with Crippen molar-refractivity contribution in [1.29, 1.82) is 0 Å². The Balaban J connectivity index is 1.58. The predicted molar refractivity (Wildman–Crippen MR) is 123 cm³/mol. The molecule has 0 spiro atoms. The van der Waals surface area contributed by atoms with Crippen LogP contribution in [-0.4, -0.2) is 23.1 Å². The van der Waals surface area contributed by atoms with E-state index in [1.54, 1.807) is 42.5 Å². The molecule has 0 aliphatic heterocycles. The summed E-state index contributed by atoms with van der Waals surface area (Å²) in [5.74, 6) is -0.474. The van der Waals surface area contributed by atoms with Gasteiger partial charge in [0, 0.05) is 16.8 Å². The number of amides is 2. The van der Waals surface area contributed by atoms with Crippen molar-refractivity contribution < 1.29 is 14.7 Å². The Morgan fingerprint density at radius 1 is 0.871 bits per heavy atom. The van der Waals surface area contributed by atoms with Crippen LogP contribution in [0.3, 0.4) is 0 Å². The molecule has 6 nitrogen and oxygen atoms in total. The number of phenols is 1. The van der Waals surface area contributed by atoms with E-state index in [2.05, 4.69) is 36.6 Å². The molecule has 0 fully saturated rings. The minimum absolute atomic E-state index is 0.0261. The fourth-order valence-corrected chi connectivity index (χ4v) is 2.86. The van der Waals surface area contributed by atoms with Crippen LogP contribution in [0.4, 0.5) is 5.69 Å².